The van der Waals surface area contributed by atoms with E-state index in [1.54, 1.807) is 0 Å². The monoisotopic (exact) mass is 494 g/mol. The first-order chi connectivity index (χ1) is 16.6. The number of alkyl halides is 3. The van der Waals surface area contributed by atoms with Crippen molar-refractivity contribution in [2.45, 2.75) is 69.6 Å². The molecule has 2 aliphatic carbocycles. The van der Waals surface area contributed by atoms with E-state index < -0.39 is 23.6 Å². The summed E-state index contributed by atoms with van der Waals surface area (Å²) in [5.41, 5.74) is 0.939. The summed E-state index contributed by atoms with van der Waals surface area (Å²) in [5, 5.41) is 8.53. The molecule has 1 fully saturated rings. The van der Waals surface area contributed by atoms with E-state index in [0.717, 1.165) is 56.1 Å². The molecular weight excluding hydrogens is 464 g/mol. The lowest BCUT2D eigenvalue weighted by atomic mass is 9.91. The van der Waals surface area contributed by atoms with Gasteiger partial charge in [0.1, 0.15) is 11.6 Å². The molecule has 0 spiro atoms. The number of anilines is 3. The maximum atomic E-state index is 13.6. The number of rotatable bonds is 5. The lowest BCUT2D eigenvalue weighted by molar-refractivity contribution is -0.137. The van der Waals surface area contributed by atoms with Gasteiger partial charge in [0.25, 0.3) is 0 Å². The second-order valence-corrected chi connectivity index (χ2v) is 9.42. The van der Waals surface area contributed by atoms with Gasteiger partial charge in [-0.25, -0.2) is 14.2 Å². The zero-order valence-corrected chi connectivity index (χ0v) is 19.8. The molecule has 3 N–H and O–H groups in total. The van der Waals surface area contributed by atoms with Gasteiger partial charge in [-0.3, -0.25) is 0 Å². The molecule has 0 atom stereocenters. The minimum atomic E-state index is -4.70. The van der Waals surface area contributed by atoms with Crippen molar-refractivity contribution < 1.29 is 22.4 Å². The highest BCUT2D eigenvalue weighted by Gasteiger charge is 2.32. The van der Waals surface area contributed by atoms with E-state index in [-0.39, 0.29) is 17.8 Å². The Balaban J connectivity index is 1.31. The van der Waals surface area contributed by atoms with Gasteiger partial charge in [-0.15, -0.1) is 0 Å². The van der Waals surface area contributed by atoms with Crippen molar-refractivity contribution in [2.75, 3.05) is 29.6 Å². The summed E-state index contributed by atoms with van der Waals surface area (Å²) in [7, 11) is 3.97. The Morgan fingerprint density at radius 1 is 1.00 bits per heavy atom. The SMILES string of the molecule is CN(C)c1nc(NC2CCC(NC(=O)Nc3cc(F)cc(C(F)(F)F)c3)CC2)nc2c1CCCC2. The number of carbonyl (C=O) groups excluding carboxylic acids is 1. The molecule has 0 radical (unpaired) electrons. The molecule has 2 amide bonds. The van der Waals surface area contributed by atoms with Gasteiger partial charge in [-0.05, 0) is 69.6 Å². The van der Waals surface area contributed by atoms with Gasteiger partial charge in [-0.1, -0.05) is 0 Å². The fraction of sp³-hybridized carbons (Fsp3) is 0.542. The van der Waals surface area contributed by atoms with Crippen LogP contribution in [0.25, 0.3) is 0 Å². The maximum Gasteiger partial charge on any atom is 0.416 e. The fourth-order valence-electron chi connectivity index (χ4n) is 4.75. The minimum absolute atomic E-state index is 0.134. The summed E-state index contributed by atoms with van der Waals surface area (Å²) < 4.78 is 52.2. The molecule has 2 aliphatic rings. The highest BCUT2D eigenvalue weighted by molar-refractivity contribution is 5.89. The summed E-state index contributed by atoms with van der Waals surface area (Å²) in [5.74, 6) is 0.508. The normalized spacial score (nSPS) is 20.1. The Kier molecular flexibility index (Phi) is 7.32. The van der Waals surface area contributed by atoms with Crippen LogP contribution in [-0.2, 0) is 19.0 Å². The van der Waals surface area contributed by atoms with Crippen LogP contribution in [0, 0.1) is 5.82 Å². The predicted octanol–water partition coefficient (Wildman–Crippen LogP) is 5.12. The van der Waals surface area contributed by atoms with Crippen molar-refractivity contribution in [3.8, 4) is 0 Å². The number of benzene rings is 1. The summed E-state index contributed by atoms with van der Waals surface area (Å²) in [6, 6.07) is 1.33. The summed E-state index contributed by atoms with van der Waals surface area (Å²) >= 11 is 0. The van der Waals surface area contributed by atoms with Crippen LogP contribution in [0.4, 0.5) is 39.8 Å². The van der Waals surface area contributed by atoms with E-state index in [9.17, 15) is 22.4 Å². The molecule has 1 heterocycles. The first kappa shape index (κ1) is 25.0. The predicted molar refractivity (Wildman–Crippen MR) is 126 cm³/mol. The van der Waals surface area contributed by atoms with Crippen LogP contribution in [0.1, 0.15) is 55.3 Å². The highest BCUT2D eigenvalue weighted by Crippen LogP contribution is 2.32. The number of aryl methyl sites for hydroxylation is 1. The lowest BCUT2D eigenvalue weighted by Crippen LogP contribution is -2.42. The molecule has 190 valence electrons. The third kappa shape index (κ3) is 6.32. The number of nitrogens with one attached hydrogen (secondary N) is 3. The molecule has 7 nitrogen and oxygen atoms in total. The van der Waals surface area contributed by atoms with Crippen molar-refractivity contribution in [1.82, 2.24) is 15.3 Å². The molecule has 2 aromatic rings. The highest BCUT2D eigenvalue weighted by atomic mass is 19.4. The zero-order valence-electron chi connectivity index (χ0n) is 19.8. The fourth-order valence-corrected chi connectivity index (χ4v) is 4.75. The molecule has 1 saturated carbocycles. The third-order valence-corrected chi connectivity index (χ3v) is 6.46. The van der Waals surface area contributed by atoms with E-state index >= 15 is 0 Å². The average Bonchev–Trinajstić information content (AvgIpc) is 2.78. The van der Waals surface area contributed by atoms with Crippen molar-refractivity contribution in [1.29, 1.82) is 0 Å². The van der Waals surface area contributed by atoms with Gasteiger partial charge in [0, 0.05) is 37.4 Å². The first-order valence-corrected chi connectivity index (χ1v) is 11.9. The van der Waals surface area contributed by atoms with Crippen LogP contribution in [-0.4, -0.2) is 42.2 Å². The van der Waals surface area contributed by atoms with Gasteiger partial charge < -0.3 is 20.9 Å². The van der Waals surface area contributed by atoms with Gasteiger partial charge in [0.05, 0.1) is 11.3 Å². The Labute approximate surface area is 201 Å². The molecule has 0 unspecified atom stereocenters. The molecule has 0 bridgehead atoms. The van der Waals surface area contributed by atoms with Crippen molar-refractivity contribution in [3.63, 3.8) is 0 Å². The molecular formula is C24H30F4N6O. The number of halogens is 4. The van der Waals surface area contributed by atoms with Crippen LogP contribution < -0.4 is 20.9 Å². The number of carbonyl (C=O) groups is 1. The standard InChI is InChI=1S/C24H30F4N6O/c1-34(2)21-19-5-3-4-6-20(19)32-22(33-21)29-16-7-9-17(10-8-16)30-23(35)31-18-12-14(24(26,27)28)11-15(25)13-18/h11-13,16-17H,3-10H2,1-2H3,(H,29,32,33)(H2,30,31,35). The average molecular weight is 495 g/mol. The molecule has 4 rings (SSSR count). The first-order valence-electron chi connectivity index (χ1n) is 11.9. The third-order valence-electron chi connectivity index (χ3n) is 6.46. The number of urea groups is 1. The van der Waals surface area contributed by atoms with Crippen LogP contribution in [0.2, 0.25) is 0 Å². The number of hydrogen-bond donors (Lipinski definition) is 3. The van der Waals surface area contributed by atoms with E-state index in [2.05, 4.69) is 16.0 Å². The molecule has 1 aromatic heterocycles. The summed E-state index contributed by atoms with van der Waals surface area (Å²) in [4.78, 5) is 23.8. The molecule has 35 heavy (non-hydrogen) atoms. The van der Waals surface area contributed by atoms with Crippen LogP contribution in [0.5, 0.6) is 0 Å². The number of amides is 2. The van der Waals surface area contributed by atoms with E-state index in [1.165, 1.54) is 5.56 Å². The van der Waals surface area contributed by atoms with Crippen molar-refractivity contribution in [2.24, 2.45) is 0 Å². The maximum absolute atomic E-state index is 13.6. The van der Waals surface area contributed by atoms with E-state index in [0.29, 0.717) is 30.9 Å². The largest absolute Gasteiger partial charge is 0.416 e. The number of hydrogen-bond acceptors (Lipinski definition) is 5. The Bertz CT molecular complexity index is 1070. The second kappa shape index (κ2) is 10.2. The quantitative estimate of drug-likeness (QED) is 0.503. The van der Waals surface area contributed by atoms with E-state index in [1.807, 2.05) is 19.0 Å². The molecule has 0 saturated heterocycles. The van der Waals surface area contributed by atoms with Crippen molar-refractivity contribution >= 4 is 23.5 Å². The zero-order chi connectivity index (χ0) is 25.2. The Morgan fingerprint density at radius 3 is 2.37 bits per heavy atom. The number of aromatic nitrogens is 2. The smallest absolute Gasteiger partial charge is 0.362 e. The molecule has 11 heteroatoms. The lowest BCUT2D eigenvalue weighted by Gasteiger charge is -2.30. The topological polar surface area (TPSA) is 82.2 Å². The van der Waals surface area contributed by atoms with Gasteiger partial charge in [0.2, 0.25) is 5.95 Å². The van der Waals surface area contributed by atoms with Crippen molar-refractivity contribution in [3.05, 3.63) is 40.8 Å². The Morgan fingerprint density at radius 2 is 1.69 bits per heavy atom. The van der Waals surface area contributed by atoms with Gasteiger partial charge >= 0.3 is 12.2 Å². The van der Waals surface area contributed by atoms with Gasteiger partial charge in [-0.2, -0.15) is 18.2 Å². The number of fused-ring (bicyclic) bond motifs is 1. The van der Waals surface area contributed by atoms with Crippen LogP contribution in [0.15, 0.2) is 18.2 Å². The van der Waals surface area contributed by atoms with Gasteiger partial charge in [0.15, 0.2) is 0 Å². The summed E-state index contributed by atoms with van der Waals surface area (Å²) in [6.45, 7) is 0. The molecule has 1 aromatic carbocycles. The second-order valence-electron chi connectivity index (χ2n) is 9.42. The number of nitrogens with zero attached hydrogens (tertiary/aromatic N) is 3. The van der Waals surface area contributed by atoms with E-state index in [4.69, 9.17) is 9.97 Å². The van der Waals surface area contributed by atoms with Crippen LogP contribution in [0.3, 0.4) is 0 Å². The minimum Gasteiger partial charge on any atom is -0.362 e. The molecule has 0 aliphatic heterocycles. The van der Waals surface area contributed by atoms with Crippen LogP contribution >= 0.6 is 0 Å². The Hall–Kier alpha value is -3.11. The summed E-state index contributed by atoms with van der Waals surface area (Å²) in [6.07, 6.45) is 2.46.